The normalized spacial score (nSPS) is 17.5. The molecular formula is C18H19BrClN. The molecule has 2 aromatic carbocycles. The van der Waals surface area contributed by atoms with Crippen molar-refractivity contribution < 1.29 is 0 Å². The van der Waals surface area contributed by atoms with Crippen LogP contribution in [0.15, 0.2) is 53.0 Å². The summed E-state index contributed by atoms with van der Waals surface area (Å²) in [5.41, 5.74) is 2.65. The zero-order valence-corrected chi connectivity index (χ0v) is 14.4. The van der Waals surface area contributed by atoms with Crippen LogP contribution in [0.4, 0.5) is 0 Å². The highest BCUT2D eigenvalue weighted by Gasteiger charge is 2.33. The maximum absolute atomic E-state index is 6.00. The maximum Gasteiger partial charge on any atom is 0.0406 e. The molecule has 0 saturated heterocycles. The van der Waals surface area contributed by atoms with E-state index in [1.807, 2.05) is 12.1 Å². The van der Waals surface area contributed by atoms with Crippen LogP contribution in [0.25, 0.3) is 0 Å². The van der Waals surface area contributed by atoms with Crippen LogP contribution in [0.5, 0.6) is 0 Å². The van der Waals surface area contributed by atoms with Gasteiger partial charge in [-0.15, -0.1) is 0 Å². The first-order valence-electron chi connectivity index (χ1n) is 7.40. The Morgan fingerprint density at radius 1 is 1.10 bits per heavy atom. The van der Waals surface area contributed by atoms with Crippen LogP contribution < -0.4 is 5.32 Å². The van der Waals surface area contributed by atoms with Crippen LogP contribution in [0.2, 0.25) is 5.02 Å². The summed E-state index contributed by atoms with van der Waals surface area (Å²) in [5, 5.41) is 4.59. The van der Waals surface area contributed by atoms with Gasteiger partial charge in [-0.05, 0) is 61.1 Å². The summed E-state index contributed by atoms with van der Waals surface area (Å²) in [6.45, 7) is 2.23. The van der Waals surface area contributed by atoms with Crippen molar-refractivity contribution in [3.05, 3.63) is 69.2 Å². The Bertz CT molecular complexity index is 607. The highest BCUT2D eigenvalue weighted by atomic mass is 79.9. The Kier molecular flexibility index (Phi) is 4.68. The summed E-state index contributed by atoms with van der Waals surface area (Å²) >= 11 is 9.55. The van der Waals surface area contributed by atoms with Gasteiger partial charge in [0.15, 0.2) is 0 Å². The molecule has 2 aromatic rings. The number of halogens is 2. The molecule has 1 aliphatic carbocycles. The van der Waals surface area contributed by atoms with Crippen LogP contribution >= 0.6 is 27.5 Å². The molecule has 0 radical (unpaired) electrons. The fourth-order valence-electron chi connectivity index (χ4n) is 2.75. The van der Waals surface area contributed by atoms with Crippen molar-refractivity contribution in [2.45, 2.75) is 31.8 Å². The highest BCUT2D eigenvalue weighted by molar-refractivity contribution is 9.10. The minimum absolute atomic E-state index is 0.323. The van der Waals surface area contributed by atoms with Gasteiger partial charge >= 0.3 is 0 Å². The van der Waals surface area contributed by atoms with E-state index in [-0.39, 0.29) is 0 Å². The molecule has 1 N–H and O–H groups in total. The Morgan fingerprint density at radius 2 is 1.81 bits per heavy atom. The van der Waals surface area contributed by atoms with E-state index in [1.165, 1.54) is 24.0 Å². The summed E-state index contributed by atoms with van der Waals surface area (Å²) in [6.07, 6.45) is 2.62. The van der Waals surface area contributed by atoms with E-state index in [0.717, 1.165) is 15.4 Å². The van der Waals surface area contributed by atoms with Gasteiger partial charge in [-0.2, -0.15) is 0 Å². The lowest BCUT2D eigenvalue weighted by Crippen LogP contribution is -2.26. The number of hydrogen-bond donors (Lipinski definition) is 1. The molecule has 0 spiro atoms. The topological polar surface area (TPSA) is 12.0 Å². The molecule has 21 heavy (non-hydrogen) atoms. The van der Waals surface area contributed by atoms with Crippen LogP contribution in [0.1, 0.15) is 43.0 Å². The third-order valence-electron chi connectivity index (χ3n) is 4.10. The average Bonchev–Trinajstić information content (AvgIpc) is 3.30. The molecule has 1 nitrogen and oxygen atoms in total. The molecule has 0 amide bonds. The van der Waals surface area contributed by atoms with E-state index in [4.69, 9.17) is 11.6 Å². The van der Waals surface area contributed by atoms with Crippen molar-refractivity contribution in [3.8, 4) is 0 Å². The van der Waals surface area contributed by atoms with E-state index < -0.39 is 0 Å². The standard InChI is InChI=1S/C18H19BrClN/c1-12(15-3-2-4-16(19)11-15)21-18(13-5-6-13)14-7-9-17(20)10-8-14/h2-4,7-13,18,21H,5-6H2,1H3/t12-,18?/m1/s1. The fourth-order valence-corrected chi connectivity index (χ4v) is 3.29. The first kappa shape index (κ1) is 15.1. The van der Waals surface area contributed by atoms with Gasteiger partial charge in [0.2, 0.25) is 0 Å². The van der Waals surface area contributed by atoms with E-state index in [9.17, 15) is 0 Å². The van der Waals surface area contributed by atoms with Gasteiger partial charge in [0.1, 0.15) is 0 Å². The second kappa shape index (κ2) is 6.51. The van der Waals surface area contributed by atoms with Crippen LogP contribution in [0.3, 0.4) is 0 Å². The van der Waals surface area contributed by atoms with Gasteiger partial charge in [0.25, 0.3) is 0 Å². The van der Waals surface area contributed by atoms with E-state index in [1.54, 1.807) is 0 Å². The van der Waals surface area contributed by atoms with Crippen molar-refractivity contribution in [3.63, 3.8) is 0 Å². The molecule has 1 aliphatic rings. The minimum atomic E-state index is 0.323. The number of nitrogens with one attached hydrogen (secondary N) is 1. The second-order valence-electron chi connectivity index (χ2n) is 5.81. The molecule has 2 atom stereocenters. The maximum atomic E-state index is 6.00. The van der Waals surface area contributed by atoms with Crippen LogP contribution in [0, 0.1) is 5.92 Å². The Labute approximate surface area is 139 Å². The lowest BCUT2D eigenvalue weighted by Gasteiger charge is -2.24. The molecule has 0 heterocycles. The molecule has 0 bridgehead atoms. The third kappa shape index (κ3) is 3.88. The van der Waals surface area contributed by atoms with E-state index in [2.05, 4.69) is 64.6 Å². The van der Waals surface area contributed by atoms with Gasteiger partial charge in [0, 0.05) is 21.6 Å². The van der Waals surface area contributed by atoms with Crippen molar-refractivity contribution in [1.29, 1.82) is 0 Å². The summed E-state index contributed by atoms with van der Waals surface area (Å²) in [4.78, 5) is 0. The molecule has 3 heteroatoms. The van der Waals surface area contributed by atoms with Crippen molar-refractivity contribution in [2.75, 3.05) is 0 Å². The van der Waals surface area contributed by atoms with Gasteiger partial charge in [-0.1, -0.05) is 51.8 Å². The molecule has 1 fully saturated rings. The van der Waals surface area contributed by atoms with Crippen molar-refractivity contribution in [1.82, 2.24) is 5.32 Å². The molecular weight excluding hydrogens is 346 g/mol. The lowest BCUT2D eigenvalue weighted by atomic mass is 9.99. The summed E-state index contributed by atoms with van der Waals surface area (Å²) in [6, 6.07) is 17.5. The summed E-state index contributed by atoms with van der Waals surface area (Å²) in [7, 11) is 0. The predicted octanol–water partition coefficient (Wildman–Crippen LogP) is 5.90. The molecule has 1 saturated carbocycles. The SMILES string of the molecule is C[C@@H](NC(c1ccc(Cl)cc1)C1CC1)c1cccc(Br)c1. The van der Waals surface area contributed by atoms with E-state index >= 15 is 0 Å². The monoisotopic (exact) mass is 363 g/mol. The molecule has 3 rings (SSSR count). The van der Waals surface area contributed by atoms with Gasteiger partial charge in [-0.3, -0.25) is 0 Å². The number of hydrogen-bond acceptors (Lipinski definition) is 1. The van der Waals surface area contributed by atoms with Gasteiger partial charge in [0.05, 0.1) is 0 Å². The number of benzene rings is 2. The zero-order valence-electron chi connectivity index (χ0n) is 12.0. The van der Waals surface area contributed by atoms with Gasteiger partial charge < -0.3 is 5.32 Å². The zero-order chi connectivity index (χ0) is 14.8. The Hall–Kier alpha value is -0.830. The molecule has 0 aromatic heterocycles. The van der Waals surface area contributed by atoms with Crippen LogP contribution in [-0.4, -0.2) is 0 Å². The average molecular weight is 365 g/mol. The predicted molar refractivity (Wildman–Crippen MR) is 92.6 cm³/mol. The first-order valence-corrected chi connectivity index (χ1v) is 8.57. The smallest absolute Gasteiger partial charge is 0.0406 e. The van der Waals surface area contributed by atoms with Gasteiger partial charge in [-0.25, -0.2) is 0 Å². The third-order valence-corrected chi connectivity index (χ3v) is 4.85. The van der Waals surface area contributed by atoms with Crippen molar-refractivity contribution in [2.24, 2.45) is 5.92 Å². The quantitative estimate of drug-likeness (QED) is 0.696. The van der Waals surface area contributed by atoms with Crippen molar-refractivity contribution >= 4 is 27.5 Å². The molecule has 0 aliphatic heterocycles. The highest BCUT2D eigenvalue weighted by Crippen LogP contribution is 2.42. The van der Waals surface area contributed by atoms with Crippen LogP contribution in [-0.2, 0) is 0 Å². The summed E-state index contributed by atoms with van der Waals surface area (Å²) in [5.74, 6) is 0.751. The largest absolute Gasteiger partial charge is 0.303 e. The second-order valence-corrected chi connectivity index (χ2v) is 7.16. The molecule has 110 valence electrons. The Morgan fingerprint density at radius 3 is 2.43 bits per heavy atom. The summed E-state index contributed by atoms with van der Waals surface area (Å²) < 4.78 is 1.13. The number of rotatable bonds is 5. The molecule has 1 unspecified atom stereocenters. The fraction of sp³-hybridized carbons (Fsp3) is 0.333. The lowest BCUT2D eigenvalue weighted by molar-refractivity contribution is 0.427. The van der Waals surface area contributed by atoms with E-state index in [0.29, 0.717) is 12.1 Å². The first-order chi connectivity index (χ1) is 10.1. The Balaban J connectivity index is 1.77. The minimum Gasteiger partial charge on any atom is -0.303 e.